The Hall–Kier alpha value is -2.46. The number of carbonyl (C=O) groups is 2. The second kappa shape index (κ2) is 9.13. The quantitative estimate of drug-likeness (QED) is 0.737. The van der Waals surface area contributed by atoms with Crippen molar-refractivity contribution in [2.75, 3.05) is 19.6 Å². The first kappa shape index (κ1) is 22.2. The minimum absolute atomic E-state index is 0.0760. The number of hydrogen-bond acceptors (Lipinski definition) is 5. The number of rotatable bonds is 4. The Bertz CT molecular complexity index is 851. The van der Waals surface area contributed by atoms with E-state index in [9.17, 15) is 18.0 Å². The van der Waals surface area contributed by atoms with E-state index in [4.69, 9.17) is 9.90 Å². The Labute approximate surface area is 175 Å². The number of aromatic nitrogens is 1. The van der Waals surface area contributed by atoms with Crippen molar-refractivity contribution < 1.29 is 27.9 Å². The normalized spacial score (nSPS) is 18.5. The van der Waals surface area contributed by atoms with Gasteiger partial charge in [-0.15, -0.1) is 0 Å². The van der Waals surface area contributed by atoms with E-state index in [0.717, 1.165) is 44.6 Å². The molecule has 10 heteroatoms. The van der Waals surface area contributed by atoms with Crippen LogP contribution in [0.15, 0.2) is 41.4 Å². The van der Waals surface area contributed by atoms with Crippen molar-refractivity contribution in [1.82, 2.24) is 14.8 Å². The fourth-order valence-electron chi connectivity index (χ4n) is 3.74. The van der Waals surface area contributed by atoms with Crippen LogP contribution in [0.4, 0.5) is 13.2 Å². The van der Waals surface area contributed by atoms with E-state index in [1.54, 1.807) is 17.5 Å². The van der Waals surface area contributed by atoms with Crippen molar-refractivity contribution in [2.24, 2.45) is 5.41 Å². The van der Waals surface area contributed by atoms with Gasteiger partial charge < -0.3 is 10.0 Å². The average Bonchev–Trinajstić information content (AvgIpc) is 3.22. The highest BCUT2D eigenvalue weighted by Gasteiger charge is 2.52. The fourth-order valence-corrected chi connectivity index (χ4v) is 4.40. The summed E-state index contributed by atoms with van der Waals surface area (Å²) >= 11 is 1.75. The maximum atomic E-state index is 12.7. The summed E-state index contributed by atoms with van der Waals surface area (Å²) < 4.78 is 31.7. The predicted molar refractivity (Wildman–Crippen MR) is 105 cm³/mol. The van der Waals surface area contributed by atoms with Crippen molar-refractivity contribution in [3.63, 3.8) is 0 Å². The van der Waals surface area contributed by atoms with Gasteiger partial charge in [0.2, 0.25) is 5.91 Å². The third-order valence-electron chi connectivity index (χ3n) is 5.37. The number of thiophene rings is 1. The van der Waals surface area contributed by atoms with Crippen LogP contribution < -0.4 is 0 Å². The molecule has 0 bridgehead atoms. The molecular formula is C20H22F3N3O3S. The molecule has 162 valence electrons. The topological polar surface area (TPSA) is 73.7 Å². The number of alkyl halides is 3. The van der Waals surface area contributed by atoms with E-state index in [0.29, 0.717) is 12.5 Å². The largest absolute Gasteiger partial charge is 0.490 e. The molecule has 2 aliphatic heterocycles. The molecule has 2 aromatic rings. The molecule has 0 atom stereocenters. The molecule has 1 spiro atoms. The summed E-state index contributed by atoms with van der Waals surface area (Å²) in [6.45, 7) is 4.69. The van der Waals surface area contributed by atoms with Gasteiger partial charge in [0.15, 0.2) is 0 Å². The highest BCUT2D eigenvalue weighted by atomic mass is 32.1. The van der Waals surface area contributed by atoms with Gasteiger partial charge in [0, 0.05) is 32.0 Å². The van der Waals surface area contributed by atoms with Crippen LogP contribution in [0, 0.1) is 5.41 Å². The van der Waals surface area contributed by atoms with Crippen molar-refractivity contribution >= 4 is 23.2 Å². The summed E-state index contributed by atoms with van der Waals surface area (Å²) in [5, 5.41) is 11.5. The van der Waals surface area contributed by atoms with Crippen LogP contribution in [0.2, 0.25) is 0 Å². The van der Waals surface area contributed by atoms with E-state index in [2.05, 4.69) is 26.7 Å². The number of nitrogens with zero attached hydrogens (tertiary/aromatic N) is 3. The maximum absolute atomic E-state index is 12.7. The zero-order chi connectivity index (χ0) is 21.8. The molecule has 1 N–H and O–H groups in total. The van der Waals surface area contributed by atoms with Crippen LogP contribution in [-0.2, 0) is 22.7 Å². The molecule has 2 aliphatic rings. The number of carbonyl (C=O) groups excluding carboxylic acids is 1. The second-order valence-electron chi connectivity index (χ2n) is 7.51. The number of amides is 1. The number of likely N-dealkylation sites (tertiary alicyclic amines) is 2. The standard InChI is InChI=1S/C18H21N3OS.C2HF3O2/c22-17-18(14-21(17)12-15-2-1-6-19-10-15)4-7-20(8-5-18)11-16-3-9-23-13-16;3-2(4,5)1(6)7/h1-3,6,9-10,13H,4-5,7-8,11-12,14H2;(H,6,7). The third-order valence-corrected chi connectivity index (χ3v) is 6.10. The fraction of sp³-hybridized carbons (Fsp3) is 0.450. The summed E-state index contributed by atoms with van der Waals surface area (Å²) in [7, 11) is 0. The lowest BCUT2D eigenvalue weighted by atomic mass is 9.71. The monoisotopic (exact) mass is 441 g/mol. The zero-order valence-corrected chi connectivity index (χ0v) is 17.0. The Kier molecular flexibility index (Phi) is 6.77. The number of piperidine rings is 1. The highest BCUT2D eigenvalue weighted by molar-refractivity contribution is 7.07. The number of β-lactam (4-membered cyclic amide) rings is 1. The second-order valence-corrected chi connectivity index (χ2v) is 8.29. The molecule has 1 amide bonds. The maximum Gasteiger partial charge on any atom is 0.490 e. The lowest BCUT2D eigenvalue weighted by molar-refractivity contribution is -0.192. The molecule has 0 radical (unpaired) electrons. The van der Waals surface area contributed by atoms with Crippen molar-refractivity contribution in [3.05, 3.63) is 52.5 Å². The highest BCUT2D eigenvalue weighted by Crippen LogP contribution is 2.42. The van der Waals surface area contributed by atoms with E-state index >= 15 is 0 Å². The van der Waals surface area contributed by atoms with E-state index in [-0.39, 0.29) is 5.41 Å². The molecular weight excluding hydrogens is 419 g/mol. The molecule has 2 fully saturated rings. The van der Waals surface area contributed by atoms with Crippen molar-refractivity contribution in [3.8, 4) is 0 Å². The first-order valence-electron chi connectivity index (χ1n) is 9.41. The van der Waals surface area contributed by atoms with Crippen LogP contribution in [0.25, 0.3) is 0 Å². The average molecular weight is 441 g/mol. The first-order chi connectivity index (χ1) is 14.2. The molecule has 0 aromatic carbocycles. The van der Waals surface area contributed by atoms with Gasteiger partial charge in [0.05, 0.1) is 5.41 Å². The van der Waals surface area contributed by atoms with E-state index < -0.39 is 12.1 Å². The van der Waals surface area contributed by atoms with Gasteiger partial charge in [-0.2, -0.15) is 24.5 Å². The molecule has 0 saturated carbocycles. The summed E-state index contributed by atoms with van der Waals surface area (Å²) in [6.07, 6.45) is 0.535. The van der Waals surface area contributed by atoms with Crippen molar-refractivity contribution in [1.29, 1.82) is 0 Å². The van der Waals surface area contributed by atoms with Gasteiger partial charge in [0.1, 0.15) is 0 Å². The summed E-state index contributed by atoms with van der Waals surface area (Å²) in [5.41, 5.74) is 2.43. The molecule has 4 heterocycles. The minimum Gasteiger partial charge on any atom is -0.475 e. The molecule has 30 heavy (non-hydrogen) atoms. The zero-order valence-electron chi connectivity index (χ0n) is 16.1. The predicted octanol–water partition coefficient (Wildman–Crippen LogP) is 3.40. The van der Waals surface area contributed by atoms with Gasteiger partial charge in [-0.1, -0.05) is 6.07 Å². The Balaban J connectivity index is 0.000000318. The number of pyridine rings is 1. The van der Waals surface area contributed by atoms with Crippen molar-refractivity contribution in [2.45, 2.75) is 32.1 Å². The van der Waals surface area contributed by atoms with Gasteiger partial charge in [-0.3, -0.25) is 14.7 Å². The van der Waals surface area contributed by atoms with Crippen LogP contribution in [-0.4, -0.2) is 57.6 Å². The SMILES string of the molecule is O=C(O)C(F)(F)F.O=C1N(Cc2cccnc2)CC12CCN(Cc1ccsc1)CC2. The van der Waals surface area contributed by atoms with Crippen LogP contribution in [0.3, 0.4) is 0 Å². The lowest BCUT2D eigenvalue weighted by Gasteiger charge is -2.52. The Morgan fingerprint density at radius 3 is 2.40 bits per heavy atom. The number of halogens is 3. The van der Waals surface area contributed by atoms with Gasteiger partial charge >= 0.3 is 12.1 Å². The van der Waals surface area contributed by atoms with Gasteiger partial charge in [-0.05, 0) is 60.0 Å². The molecule has 0 unspecified atom stereocenters. The summed E-state index contributed by atoms with van der Waals surface area (Å²) in [5.74, 6) is -2.41. The summed E-state index contributed by atoms with van der Waals surface area (Å²) in [6, 6.07) is 6.16. The van der Waals surface area contributed by atoms with Gasteiger partial charge in [-0.25, -0.2) is 4.79 Å². The van der Waals surface area contributed by atoms with E-state index in [1.165, 1.54) is 5.56 Å². The number of carboxylic acid groups (broad SMARTS) is 1. The first-order valence-corrected chi connectivity index (χ1v) is 10.4. The molecule has 0 aliphatic carbocycles. The molecule has 6 nitrogen and oxygen atoms in total. The Morgan fingerprint density at radius 2 is 1.90 bits per heavy atom. The van der Waals surface area contributed by atoms with Gasteiger partial charge in [0.25, 0.3) is 0 Å². The molecule has 4 rings (SSSR count). The Morgan fingerprint density at radius 1 is 1.20 bits per heavy atom. The minimum atomic E-state index is -5.08. The number of carboxylic acids is 1. The molecule has 2 aromatic heterocycles. The summed E-state index contributed by atoms with van der Waals surface area (Å²) in [4.78, 5) is 30.1. The lowest BCUT2D eigenvalue weighted by Crippen LogP contribution is -2.64. The van der Waals surface area contributed by atoms with E-state index in [1.807, 2.05) is 23.2 Å². The van der Waals surface area contributed by atoms with Crippen LogP contribution in [0.5, 0.6) is 0 Å². The van der Waals surface area contributed by atoms with Crippen LogP contribution in [0.1, 0.15) is 24.0 Å². The number of hydrogen-bond donors (Lipinski definition) is 1. The van der Waals surface area contributed by atoms with Crippen LogP contribution >= 0.6 is 11.3 Å². The smallest absolute Gasteiger partial charge is 0.475 e. The third kappa shape index (κ3) is 5.37. The molecule has 2 saturated heterocycles. The number of aliphatic carboxylic acids is 1.